The molecule has 0 fully saturated rings. The molecular weight excluding hydrogens is 268 g/mol. The number of benzene rings is 1. The van der Waals surface area contributed by atoms with Crippen LogP contribution < -0.4 is 5.32 Å². The highest BCUT2D eigenvalue weighted by molar-refractivity contribution is 5.89. The Morgan fingerprint density at radius 3 is 2.24 bits per heavy atom. The van der Waals surface area contributed by atoms with Crippen LogP contribution in [-0.2, 0) is 4.79 Å². The number of carboxylic acids is 1. The molecule has 0 aliphatic rings. The van der Waals surface area contributed by atoms with E-state index in [1.165, 1.54) is 0 Å². The number of hydrogen-bond acceptors (Lipinski definition) is 2. The maximum Gasteiger partial charge on any atom is 0.321 e. The summed E-state index contributed by atoms with van der Waals surface area (Å²) < 4.78 is 0. The predicted molar refractivity (Wildman–Crippen MR) is 83.6 cm³/mol. The van der Waals surface area contributed by atoms with Crippen molar-refractivity contribution < 1.29 is 14.7 Å². The number of anilines is 1. The molecule has 0 aliphatic carbocycles. The van der Waals surface area contributed by atoms with Crippen molar-refractivity contribution in [3.05, 3.63) is 29.8 Å². The van der Waals surface area contributed by atoms with Gasteiger partial charge in [-0.3, -0.25) is 4.79 Å². The molecule has 0 saturated heterocycles. The number of hydrogen-bond donors (Lipinski definition) is 2. The first-order valence-electron chi connectivity index (χ1n) is 7.13. The van der Waals surface area contributed by atoms with Crippen molar-refractivity contribution in [1.82, 2.24) is 4.90 Å². The first-order valence-corrected chi connectivity index (χ1v) is 7.13. The maximum atomic E-state index is 11.9. The van der Waals surface area contributed by atoms with Gasteiger partial charge in [0.05, 0.1) is 6.42 Å². The molecule has 5 nitrogen and oxygen atoms in total. The van der Waals surface area contributed by atoms with E-state index in [1.807, 2.05) is 19.1 Å². The van der Waals surface area contributed by atoms with Gasteiger partial charge >= 0.3 is 12.0 Å². The summed E-state index contributed by atoms with van der Waals surface area (Å²) in [5.74, 6) is -0.439. The predicted octanol–water partition coefficient (Wildman–Crippen LogP) is 3.38. The Bertz CT molecular complexity index is 483. The molecule has 1 aromatic carbocycles. The molecule has 21 heavy (non-hydrogen) atoms. The van der Waals surface area contributed by atoms with Crippen LogP contribution in [-0.4, -0.2) is 35.6 Å². The second kappa shape index (κ2) is 7.67. The van der Waals surface area contributed by atoms with Crippen molar-refractivity contribution in [1.29, 1.82) is 0 Å². The van der Waals surface area contributed by atoms with E-state index in [2.05, 4.69) is 19.2 Å². The summed E-state index contributed by atoms with van der Waals surface area (Å²) >= 11 is 0. The van der Waals surface area contributed by atoms with Crippen LogP contribution in [0.2, 0.25) is 0 Å². The molecule has 0 spiro atoms. The van der Waals surface area contributed by atoms with Gasteiger partial charge in [0.2, 0.25) is 0 Å². The van der Waals surface area contributed by atoms with E-state index >= 15 is 0 Å². The van der Waals surface area contributed by atoms with Crippen molar-refractivity contribution >= 4 is 17.7 Å². The molecular formula is C16H24N2O3. The summed E-state index contributed by atoms with van der Waals surface area (Å²) in [6.07, 6.45) is 0.100. The van der Waals surface area contributed by atoms with Crippen molar-refractivity contribution in [2.24, 2.45) is 5.92 Å². The lowest BCUT2D eigenvalue weighted by Crippen LogP contribution is -2.34. The quantitative estimate of drug-likeness (QED) is 0.844. The minimum absolute atomic E-state index is 0.0455. The highest BCUT2D eigenvalue weighted by Gasteiger charge is 2.12. The van der Waals surface area contributed by atoms with Crippen LogP contribution in [0.5, 0.6) is 0 Å². The van der Waals surface area contributed by atoms with Gasteiger partial charge in [-0.25, -0.2) is 4.79 Å². The first-order chi connectivity index (χ1) is 9.79. The highest BCUT2D eigenvalue weighted by atomic mass is 16.4. The molecule has 1 unspecified atom stereocenters. The minimum Gasteiger partial charge on any atom is -0.481 e. The van der Waals surface area contributed by atoms with Crippen molar-refractivity contribution in [3.63, 3.8) is 0 Å². The Kier molecular flexibility index (Phi) is 6.21. The lowest BCUT2D eigenvalue weighted by Gasteiger charge is -2.20. The molecule has 0 aromatic heterocycles. The lowest BCUT2D eigenvalue weighted by molar-refractivity contribution is -0.137. The van der Waals surface area contributed by atoms with E-state index in [1.54, 1.807) is 24.1 Å². The van der Waals surface area contributed by atoms with Gasteiger partial charge < -0.3 is 15.3 Å². The Hall–Kier alpha value is -2.04. The van der Waals surface area contributed by atoms with E-state index < -0.39 is 5.97 Å². The molecule has 0 radical (unpaired) electrons. The molecule has 2 amide bonds. The smallest absolute Gasteiger partial charge is 0.321 e. The largest absolute Gasteiger partial charge is 0.481 e. The van der Waals surface area contributed by atoms with Crippen molar-refractivity contribution in [3.8, 4) is 0 Å². The normalized spacial score (nSPS) is 12.0. The summed E-state index contributed by atoms with van der Waals surface area (Å²) in [5, 5.41) is 11.6. The van der Waals surface area contributed by atoms with Gasteiger partial charge in [-0.15, -0.1) is 0 Å². The second-order valence-electron chi connectivity index (χ2n) is 5.83. The number of aliphatic carboxylic acids is 1. The third kappa shape index (κ3) is 5.85. The minimum atomic E-state index is -0.810. The summed E-state index contributed by atoms with van der Waals surface area (Å²) in [7, 11) is 1.76. The topological polar surface area (TPSA) is 69.6 Å². The van der Waals surface area contributed by atoms with E-state index in [-0.39, 0.29) is 18.4 Å². The molecule has 0 saturated carbocycles. The van der Waals surface area contributed by atoms with Crippen LogP contribution in [0.4, 0.5) is 10.5 Å². The first kappa shape index (κ1) is 17.0. The van der Waals surface area contributed by atoms with Crippen LogP contribution >= 0.6 is 0 Å². The summed E-state index contributed by atoms with van der Waals surface area (Å²) in [5.41, 5.74) is 1.66. The molecule has 1 rings (SSSR count). The average molecular weight is 292 g/mol. The molecule has 0 heterocycles. The van der Waals surface area contributed by atoms with Crippen molar-refractivity contribution in [2.45, 2.75) is 33.1 Å². The van der Waals surface area contributed by atoms with E-state index in [9.17, 15) is 9.59 Å². The van der Waals surface area contributed by atoms with Gasteiger partial charge in [-0.05, 0) is 29.5 Å². The number of rotatable bonds is 6. The Balaban J connectivity index is 2.62. The summed E-state index contributed by atoms with van der Waals surface area (Å²) in [6, 6.07) is 7.16. The fourth-order valence-electron chi connectivity index (χ4n) is 2.12. The molecule has 116 valence electrons. The fourth-order valence-corrected chi connectivity index (χ4v) is 2.12. The molecule has 1 aromatic rings. The molecule has 0 aliphatic heterocycles. The summed E-state index contributed by atoms with van der Waals surface area (Å²) in [4.78, 5) is 24.3. The Morgan fingerprint density at radius 2 is 1.76 bits per heavy atom. The van der Waals surface area contributed by atoms with Crippen LogP contribution in [0.3, 0.4) is 0 Å². The van der Waals surface area contributed by atoms with Crippen LogP contribution in [0.15, 0.2) is 24.3 Å². The zero-order chi connectivity index (χ0) is 16.0. The van der Waals surface area contributed by atoms with Gasteiger partial charge in [0.15, 0.2) is 0 Å². The number of nitrogens with one attached hydrogen (secondary N) is 1. The Morgan fingerprint density at radius 1 is 1.19 bits per heavy atom. The van der Waals surface area contributed by atoms with E-state index in [0.717, 1.165) is 5.56 Å². The third-order valence-corrected chi connectivity index (χ3v) is 3.20. The molecule has 0 bridgehead atoms. The van der Waals surface area contributed by atoms with Crippen LogP contribution in [0.25, 0.3) is 0 Å². The van der Waals surface area contributed by atoms with E-state index in [0.29, 0.717) is 18.2 Å². The van der Waals surface area contributed by atoms with Gasteiger partial charge in [0.25, 0.3) is 0 Å². The number of urea groups is 1. The van der Waals surface area contributed by atoms with Crippen LogP contribution in [0.1, 0.15) is 38.7 Å². The number of carbonyl (C=O) groups is 2. The van der Waals surface area contributed by atoms with Gasteiger partial charge in [-0.1, -0.05) is 32.9 Å². The Labute approximate surface area is 126 Å². The zero-order valence-corrected chi connectivity index (χ0v) is 13.1. The van der Waals surface area contributed by atoms with Gasteiger partial charge in [-0.2, -0.15) is 0 Å². The standard InChI is InChI=1S/C16H24N2O3/c1-11(2)10-18(4)16(21)17-14-7-5-13(6-8-14)12(3)9-15(19)20/h5-8,11-12H,9-10H2,1-4H3,(H,17,21)(H,19,20). The lowest BCUT2D eigenvalue weighted by atomic mass is 9.98. The SMILES string of the molecule is CC(C)CN(C)C(=O)Nc1ccc(C(C)CC(=O)O)cc1. The van der Waals surface area contributed by atoms with Crippen LogP contribution in [0, 0.1) is 5.92 Å². The monoisotopic (exact) mass is 292 g/mol. The maximum absolute atomic E-state index is 11.9. The fraction of sp³-hybridized carbons (Fsp3) is 0.500. The van der Waals surface area contributed by atoms with E-state index in [4.69, 9.17) is 5.11 Å². The average Bonchev–Trinajstić information content (AvgIpc) is 2.37. The number of carbonyl (C=O) groups excluding carboxylic acids is 1. The van der Waals surface area contributed by atoms with Crippen molar-refractivity contribution in [2.75, 3.05) is 18.9 Å². The zero-order valence-electron chi connectivity index (χ0n) is 13.1. The van der Waals surface area contributed by atoms with Gasteiger partial charge in [0, 0.05) is 19.3 Å². The number of nitrogens with zero attached hydrogens (tertiary/aromatic N) is 1. The number of amides is 2. The molecule has 1 atom stereocenters. The third-order valence-electron chi connectivity index (χ3n) is 3.20. The summed E-state index contributed by atoms with van der Waals surface area (Å²) in [6.45, 7) is 6.68. The second-order valence-corrected chi connectivity index (χ2v) is 5.83. The highest BCUT2D eigenvalue weighted by Crippen LogP contribution is 2.21. The van der Waals surface area contributed by atoms with Gasteiger partial charge in [0.1, 0.15) is 0 Å². The molecule has 2 N–H and O–H groups in total. The molecule has 5 heteroatoms. The number of carboxylic acid groups (broad SMARTS) is 1.